The molecule has 2 N–H and O–H groups in total. The van der Waals surface area contributed by atoms with Gasteiger partial charge in [-0.25, -0.2) is 0 Å². The normalized spacial score (nSPS) is 10.8. The lowest BCUT2D eigenvalue weighted by Crippen LogP contribution is -2.11. The zero-order valence-electron chi connectivity index (χ0n) is 13.1. The van der Waals surface area contributed by atoms with Crippen molar-refractivity contribution in [3.05, 3.63) is 62.2 Å². The molecule has 2 rings (SSSR count). The number of carbonyl (C=O) groups is 1. The summed E-state index contributed by atoms with van der Waals surface area (Å²) in [5.41, 5.74) is 13.2. The third-order valence-corrected chi connectivity index (χ3v) is 4.63. The van der Waals surface area contributed by atoms with Crippen molar-refractivity contribution >= 4 is 23.1 Å². The second-order valence-electron chi connectivity index (χ2n) is 5.60. The Morgan fingerprint density at radius 2 is 1.33 bits per heavy atom. The van der Waals surface area contributed by atoms with Gasteiger partial charge in [0.15, 0.2) is 5.78 Å². The molecule has 0 heterocycles. The van der Waals surface area contributed by atoms with Gasteiger partial charge in [-0.3, -0.25) is 4.79 Å². The van der Waals surface area contributed by atoms with Crippen molar-refractivity contribution in [1.29, 1.82) is 0 Å². The highest BCUT2D eigenvalue weighted by atomic mass is 35.5. The van der Waals surface area contributed by atoms with Gasteiger partial charge in [-0.05, 0) is 80.6 Å². The fourth-order valence-corrected chi connectivity index (χ4v) is 2.97. The average Bonchev–Trinajstić information content (AvgIpc) is 2.42. The number of hydrogen-bond donors (Lipinski definition) is 1. The molecular formula is C18H20ClNO. The second-order valence-corrected chi connectivity index (χ2v) is 6.04. The van der Waals surface area contributed by atoms with E-state index in [0.29, 0.717) is 16.3 Å². The molecule has 0 spiro atoms. The Morgan fingerprint density at radius 3 is 1.81 bits per heavy atom. The molecule has 0 radical (unpaired) electrons. The summed E-state index contributed by atoms with van der Waals surface area (Å²) < 4.78 is 0. The van der Waals surface area contributed by atoms with Gasteiger partial charge in [0.2, 0.25) is 0 Å². The van der Waals surface area contributed by atoms with Crippen LogP contribution in [0.3, 0.4) is 0 Å². The lowest BCUT2D eigenvalue weighted by Gasteiger charge is -2.18. The van der Waals surface area contributed by atoms with E-state index in [9.17, 15) is 4.79 Å². The van der Waals surface area contributed by atoms with Gasteiger partial charge in [-0.2, -0.15) is 0 Å². The molecule has 0 aromatic heterocycles. The molecule has 0 saturated carbocycles. The molecule has 0 aliphatic carbocycles. The summed E-state index contributed by atoms with van der Waals surface area (Å²) in [6, 6.07) is 4.99. The van der Waals surface area contributed by atoms with Crippen molar-refractivity contribution in [3.8, 4) is 0 Å². The van der Waals surface area contributed by atoms with Gasteiger partial charge in [-0.15, -0.1) is 0 Å². The molecule has 3 heteroatoms. The summed E-state index contributed by atoms with van der Waals surface area (Å²) in [5, 5.41) is 0.481. The average molecular weight is 302 g/mol. The summed E-state index contributed by atoms with van der Waals surface area (Å²) in [6.07, 6.45) is 0. The van der Waals surface area contributed by atoms with Crippen LogP contribution in [0.25, 0.3) is 0 Å². The molecule has 0 amide bonds. The zero-order chi connectivity index (χ0) is 15.9. The largest absolute Gasteiger partial charge is 0.399 e. The molecule has 110 valence electrons. The Hall–Kier alpha value is -1.80. The zero-order valence-corrected chi connectivity index (χ0v) is 13.9. The van der Waals surface area contributed by atoms with Gasteiger partial charge in [0.1, 0.15) is 0 Å². The number of benzene rings is 2. The first kappa shape index (κ1) is 15.6. The molecule has 0 bridgehead atoms. The predicted molar refractivity (Wildman–Crippen MR) is 89.4 cm³/mol. The highest BCUT2D eigenvalue weighted by Crippen LogP contribution is 2.29. The molecular weight excluding hydrogens is 282 g/mol. The van der Waals surface area contributed by atoms with Crippen molar-refractivity contribution < 1.29 is 4.79 Å². The van der Waals surface area contributed by atoms with Crippen molar-refractivity contribution in [3.63, 3.8) is 0 Å². The Morgan fingerprint density at radius 1 is 0.857 bits per heavy atom. The van der Waals surface area contributed by atoms with Crippen LogP contribution in [0, 0.1) is 34.6 Å². The lowest BCUT2D eigenvalue weighted by molar-refractivity contribution is 0.103. The number of halogens is 1. The Kier molecular flexibility index (Phi) is 4.11. The fraction of sp³-hybridized carbons (Fsp3) is 0.278. The minimum Gasteiger partial charge on any atom is -0.399 e. The standard InChI is InChI=1S/C18H20ClNO/c1-9-10(2)12(4)17(13(5)11(9)3)18(21)14-6-15(19)8-16(20)7-14/h6-8H,20H2,1-5H3. The van der Waals surface area contributed by atoms with E-state index in [1.54, 1.807) is 18.2 Å². The molecule has 0 atom stereocenters. The molecule has 0 fully saturated rings. The number of carbonyl (C=O) groups excluding carboxylic acids is 1. The fourth-order valence-electron chi connectivity index (χ4n) is 2.73. The van der Waals surface area contributed by atoms with Crippen LogP contribution in [-0.4, -0.2) is 5.78 Å². The van der Waals surface area contributed by atoms with E-state index >= 15 is 0 Å². The molecule has 0 aliphatic heterocycles. The topological polar surface area (TPSA) is 43.1 Å². The molecule has 0 unspecified atom stereocenters. The maximum atomic E-state index is 12.9. The minimum absolute atomic E-state index is 0.0228. The molecule has 2 aromatic carbocycles. The van der Waals surface area contributed by atoms with E-state index in [0.717, 1.165) is 27.8 Å². The van der Waals surface area contributed by atoms with Gasteiger partial charge in [-0.1, -0.05) is 11.6 Å². The molecule has 2 nitrogen and oxygen atoms in total. The number of nitrogens with two attached hydrogens (primary N) is 1. The van der Waals surface area contributed by atoms with Crippen LogP contribution in [-0.2, 0) is 0 Å². The second kappa shape index (κ2) is 5.53. The van der Waals surface area contributed by atoms with E-state index in [2.05, 4.69) is 20.8 Å². The van der Waals surface area contributed by atoms with Gasteiger partial charge < -0.3 is 5.73 Å². The van der Waals surface area contributed by atoms with Crippen LogP contribution in [0.1, 0.15) is 43.7 Å². The van der Waals surface area contributed by atoms with Crippen molar-refractivity contribution in [1.82, 2.24) is 0 Å². The van der Waals surface area contributed by atoms with Gasteiger partial charge >= 0.3 is 0 Å². The molecule has 2 aromatic rings. The van der Waals surface area contributed by atoms with Crippen LogP contribution in [0.2, 0.25) is 5.02 Å². The first-order chi connectivity index (χ1) is 9.73. The van der Waals surface area contributed by atoms with E-state index in [1.165, 1.54) is 5.56 Å². The van der Waals surface area contributed by atoms with Gasteiger partial charge in [0.25, 0.3) is 0 Å². The number of anilines is 1. The Labute approximate surface area is 130 Å². The third kappa shape index (κ3) is 2.68. The van der Waals surface area contributed by atoms with E-state index in [1.807, 2.05) is 13.8 Å². The first-order valence-corrected chi connectivity index (χ1v) is 7.29. The first-order valence-electron chi connectivity index (χ1n) is 6.91. The van der Waals surface area contributed by atoms with Crippen LogP contribution in [0.5, 0.6) is 0 Å². The lowest BCUT2D eigenvalue weighted by atomic mass is 9.86. The summed E-state index contributed by atoms with van der Waals surface area (Å²) >= 11 is 6.02. The minimum atomic E-state index is -0.0228. The highest BCUT2D eigenvalue weighted by molar-refractivity contribution is 6.31. The Balaban J connectivity index is 2.69. The SMILES string of the molecule is Cc1c(C)c(C)c(C(=O)c2cc(N)cc(Cl)c2)c(C)c1C. The monoisotopic (exact) mass is 301 g/mol. The smallest absolute Gasteiger partial charge is 0.193 e. The molecule has 0 saturated heterocycles. The van der Waals surface area contributed by atoms with Crippen LogP contribution < -0.4 is 5.73 Å². The molecule has 21 heavy (non-hydrogen) atoms. The molecule has 0 aliphatic rings. The summed E-state index contributed by atoms with van der Waals surface area (Å²) in [7, 11) is 0. The van der Waals surface area contributed by atoms with E-state index in [4.69, 9.17) is 17.3 Å². The number of hydrogen-bond acceptors (Lipinski definition) is 2. The van der Waals surface area contributed by atoms with Crippen LogP contribution in [0.4, 0.5) is 5.69 Å². The van der Waals surface area contributed by atoms with E-state index in [-0.39, 0.29) is 5.78 Å². The van der Waals surface area contributed by atoms with Crippen molar-refractivity contribution in [2.24, 2.45) is 0 Å². The van der Waals surface area contributed by atoms with Crippen molar-refractivity contribution in [2.75, 3.05) is 5.73 Å². The maximum Gasteiger partial charge on any atom is 0.193 e. The number of nitrogen functional groups attached to an aromatic ring is 1. The predicted octanol–water partition coefficient (Wildman–Crippen LogP) is 4.70. The maximum absolute atomic E-state index is 12.9. The number of ketones is 1. The van der Waals surface area contributed by atoms with E-state index < -0.39 is 0 Å². The van der Waals surface area contributed by atoms with Gasteiger partial charge in [0, 0.05) is 21.8 Å². The summed E-state index contributed by atoms with van der Waals surface area (Å²) in [6.45, 7) is 10.2. The quantitative estimate of drug-likeness (QED) is 0.645. The highest BCUT2D eigenvalue weighted by Gasteiger charge is 2.20. The number of rotatable bonds is 2. The van der Waals surface area contributed by atoms with Gasteiger partial charge in [0.05, 0.1) is 0 Å². The van der Waals surface area contributed by atoms with Crippen molar-refractivity contribution in [2.45, 2.75) is 34.6 Å². The summed E-state index contributed by atoms with van der Waals surface area (Å²) in [5.74, 6) is -0.0228. The Bertz CT molecular complexity index is 698. The van der Waals surface area contributed by atoms with Crippen LogP contribution >= 0.6 is 11.6 Å². The third-order valence-electron chi connectivity index (χ3n) is 4.41. The van der Waals surface area contributed by atoms with Crippen LogP contribution in [0.15, 0.2) is 18.2 Å². The summed E-state index contributed by atoms with van der Waals surface area (Å²) in [4.78, 5) is 12.9.